The number of rotatable bonds is 3. The fourth-order valence-electron chi connectivity index (χ4n) is 5.28. The highest BCUT2D eigenvalue weighted by atomic mass is 32.1. The SMILES string of the molecule is Cc1ccc(C2C(=C(O)c3ccc4c(c3)CC(C)O4)C(=O)C(=O)N2c2nc3c(C)cc(C)cc3s2)cc1. The van der Waals surface area contributed by atoms with Crippen LogP contribution in [0.1, 0.15) is 46.3 Å². The van der Waals surface area contributed by atoms with Crippen LogP contribution in [0.2, 0.25) is 0 Å². The number of ether oxygens (including phenoxy) is 1. The number of amides is 1. The summed E-state index contributed by atoms with van der Waals surface area (Å²) in [7, 11) is 0. The van der Waals surface area contributed by atoms with Crippen molar-refractivity contribution in [1.82, 2.24) is 4.98 Å². The molecule has 3 aromatic carbocycles. The zero-order chi connectivity index (χ0) is 26.0. The van der Waals surface area contributed by atoms with Gasteiger partial charge in [-0.2, -0.15) is 0 Å². The molecule has 1 aromatic heterocycles. The molecule has 2 aliphatic heterocycles. The van der Waals surface area contributed by atoms with Crippen LogP contribution >= 0.6 is 11.3 Å². The van der Waals surface area contributed by atoms with Crippen LogP contribution in [-0.4, -0.2) is 27.9 Å². The minimum absolute atomic E-state index is 0.0525. The lowest BCUT2D eigenvalue weighted by Gasteiger charge is -2.23. The highest BCUT2D eigenvalue weighted by Crippen LogP contribution is 2.45. The second-order valence-corrected chi connectivity index (χ2v) is 11.0. The van der Waals surface area contributed by atoms with Crippen LogP contribution in [-0.2, 0) is 16.0 Å². The molecule has 6 rings (SSSR count). The van der Waals surface area contributed by atoms with Crippen molar-refractivity contribution >= 4 is 44.1 Å². The van der Waals surface area contributed by atoms with Gasteiger partial charge in [-0.15, -0.1) is 0 Å². The quantitative estimate of drug-likeness (QED) is 0.203. The molecule has 2 aliphatic rings. The Bertz CT molecular complexity index is 1630. The number of nitrogens with zero attached hydrogens (tertiary/aromatic N) is 2. The van der Waals surface area contributed by atoms with Crippen LogP contribution in [0.3, 0.4) is 0 Å². The van der Waals surface area contributed by atoms with Crippen LogP contribution in [0.5, 0.6) is 5.75 Å². The maximum absolute atomic E-state index is 13.5. The number of hydrogen-bond acceptors (Lipinski definition) is 6. The lowest BCUT2D eigenvalue weighted by atomic mass is 9.94. The van der Waals surface area contributed by atoms with E-state index in [0.717, 1.165) is 50.2 Å². The lowest BCUT2D eigenvalue weighted by molar-refractivity contribution is -0.132. The molecule has 4 aromatic rings. The van der Waals surface area contributed by atoms with Crippen molar-refractivity contribution in [2.45, 2.75) is 46.3 Å². The number of aryl methyl sites for hydroxylation is 3. The van der Waals surface area contributed by atoms with Crippen LogP contribution in [0.4, 0.5) is 5.13 Å². The Morgan fingerprint density at radius 3 is 2.54 bits per heavy atom. The Morgan fingerprint density at radius 2 is 1.78 bits per heavy atom. The summed E-state index contributed by atoms with van der Waals surface area (Å²) in [5.41, 5.74) is 6.23. The Labute approximate surface area is 218 Å². The number of carbonyl (C=O) groups excluding carboxylic acids is 2. The molecular formula is C30H26N2O4S. The first-order valence-corrected chi connectivity index (χ1v) is 13.1. The summed E-state index contributed by atoms with van der Waals surface area (Å²) < 4.78 is 6.74. The molecule has 6 nitrogen and oxygen atoms in total. The minimum Gasteiger partial charge on any atom is -0.507 e. The Balaban J connectivity index is 1.54. The fraction of sp³-hybridized carbons (Fsp3) is 0.233. The van der Waals surface area contributed by atoms with Crippen molar-refractivity contribution in [3.05, 3.63) is 93.6 Å². The van der Waals surface area contributed by atoms with Gasteiger partial charge >= 0.3 is 5.91 Å². The molecular weight excluding hydrogens is 484 g/mol. The third-order valence-corrected chi connectivity index (χ3v) is 8.03. The molecule has 0 aliphatic carbocycles. The summed E-state index contributed by atoms with van der Waals surface area (Å²) in [4.78, 5) is 33.3. The van der Waals surface area contributed by atoms with Crippen molar-refractivity contribution in [1.29, 1.82) is 0 Å². The predicted octanol–water partition coefficient (Wildman–Crippen LogP) is 6.17. The topological polar surface area (TPSA) is 79.7 Å². The van der Waals surface area contributed by atoms with Crippen molar-refractivity contribution in [3.8, 4) is 5.75 Å². The molecule has 0 bridgehead atoms. The van der Waals surface area contributed by atoms with E-state index in [1.807, 2.05) is 70.2 Å². The number of anilines is 1. The van der Waals surface area contributed by atoms with Gasteiger partial charge in [0.1, 0.15) is 17.6 Å². The Kier molecular flexibility index (Phi) is 5.42. The average molecular weight is 511 g/mol. The van der Waals surface area contributed by atoms with Crippen LogP contribution in [0, 0.1) is 20.8 Å². The van der Waals surface area contributed by atoms with Gasteiger partial charge in [-0.25, -0.2) is 4.98 Å². The second kappa shape index (κ2) is 8.56. The van der Waals surface area contributed by atoms with Crippen molar-refractivity contribution in [2.24, 2.45) is 0 Å². The first kappa shape index (κ1) is 23.4. The van der Waals surface area contributed by atoms with Gasteiger partial charge in [0.05, 0.1) is 21.8 Å². The number of thiazole rings is 1. The van der Waals surface area contributed by atoms with E-state index in [9.17, 15) is 14.7 Å². The molecule has 0 radical (unpaired) electrons. The molecule has 2 atom stereocenters. The summed E-state index contributed by atoms with van der Waals surface area (Å²) in [5, 5.41) is 11.9. The van der Waals surface area contributed by atoms with E-state index in [4.69, 9.17) is 9.72 Å². The third-order valence-electron chi connectivity index (χ3n) is 7.03. The number of Topliss-reactive ketones (excluding diaryl/α,β-unsaturated/α-hetero) is 1. The first-order chi connectivity index (χ1) is 17.7. The molecule has 2 unspecified atom stereocenters. The highest BCUT2D eigenvalue weighted by molar-refractivity contribution is 7.22. The van der Waals surface area contributed by atoms with Crippen molar-refractivity contribution < 1.29 is 19.4 Å². The molecule has 1 N–H and O–H groups in total. The molecule has 0 saturated carbocycles. The third kappa shape index (κ3) is 3.81. The normalized spacial score (nSPS) is 20.5. The minimum atomic E-state index is -0.800. The number of hydrogen-bond donors (Lipinski definition) is 1. The number of aliphatic hydroxyl groups excluding tert-OH is 1. The summed E-state index contributed by atoms with van der Waals surface area (Å²) in [6.45, 7) is 7.98. The van der Waals surface area contributed by atoms with E-state index in [1.165, 1.54) is 16.2 Å². The summed E-state index contributed by atoms with van der Waals surface area (Å²) in [6, 6.07) is 16.3. The molecule has 3 heterocycles. The first-order valence-electron chi connectivity index (χ1n) is 12.3. The number of carbonyl (C=O) groups is 2. The fourth-order valence-corrected chi connectivity index (χ4v) is 6.45. The number of aromatic nitrogens is 1. The smallest absolute Gasteiger partial charge is 0.301 e. The molecule has 1 fully saturated rings. The van der Waals surface area contributed by atoms with E-state index in [0.29, 0.717) is 10.7 Å². The average Bonchev–Trinajstić information content (AvgIpc) is 3.52. The van der Waals surface area contributed by atoms with Gasteiger partial charge in [-0.1, -0.05) is 47.2 Å². The zero-order valence-electron chi connectivity index (χ0n) is 21.0. The van der Waals surface area contributed by atoms with E-state index in [-0.39, 0.29) is 17.4 Å². The lowest BCUT2D eigenvalue weighted by Crippen LogP contribution is -2.29. The van der Waals surface area contributed by atoms with Crippen LogP contribution in [0.15, 0.2) is 60.2 Å². The molecule has 7 heteroatoms. The van der Waals surface area contributed by atoms with Crippen molar-refractivity contribution in [3.63, 3.8) is 0 Å². The van der Waals surface area contributed by atoms with Gasteiger partial charge in [-0.3, -0.25) is 14.5 Å². The van der Waals surface area contributed by atoms with E-state index < -0.39 is 17.7 Å². The highest BCUT2D eigenvalue weighted by Gasteiger charge is 2.48. The Hall–Kier alpha value is -3.97. The maximum atomic E-state index is 13.5. The number of aliphatic hydroxyl groups is 1. The molecule has 186 valence electrons. The van der Waals surface area contributed by atoms with Gasteiger partial charge in [0.15, 0.2) is 5.13 Å². The van der Waals surface area contributed by atoms with E-state index >= 15 is 0 Å². The summed E-state index contributed by atoms with van der Waals surface area (Å²) in [6.07, 6.45) is 0.771. The number of ketones is 1. The molecule has 37 heavy (non-hydrogen) atoms. The standard InChI is InChI=1S/C30H26N2O4S/c1-15-5-7-19(8-6-15)26-24(27(33)20-9-10-22-21(14-20)13-18(4)36-22)28(34)29(35)32(26)30-31-25-17(3)11-16(2)12-23(25)37-30/h5-12,14,18,26,33H,13H2,1-4H3. The zero-order valence-corrected chi connectivity index (χ0v) is 21.8. The molecule has 0 spiro atoms. The van der Waals surface area contributed by atoms with E-state index in [1.54, 1.807) is 6.07 Å². The number of benzene rings is 3. The Morgan fingerprint density at radius 1 is 1.03 bits per heavy atom. The monoisotopic (exact) mass is 510 g/mol. The largest absolute Gasteiger partial charge is 0.507 e. The second-order valence-electron chi connectivity index (χ2n) is 9.96. The van der Waals surface area contributed by atoms with Crippen LogP contribution in [0.25, 0.3) is 16.0 Å². The van der Waals surface area contributed by atoms with Gasteiger partial charge < -0.3 is 9.84 Å². The van der Waals surface area contributed by atoms with Gasteiger partial charge in [0.2, 0.25) is 0 Å². The maximum Gasteiger partial charge on any atom is 0.301 e. The predicted molar refractivity (Wildman–Crippen MR) is 145 cm³/mol. The van der Waals surface area contributed by atoms with Gasteiger partial charge in [-0.05, 0) is 74.2 Å². The molecule has 1 saturated heterocycles. The molecule has 1 amide bonds. The van der Waals surface area contributed by atoms with Gasteiger partial charge in [0.25, 0.3) is 5.78 Å². The summed E-state index contributed by atoms with van der Waals surface area (Å²) in [5.74, 6) is -0.833. The number of fused-ring (bicyclic) bond motifs is 2. The van der Waals surface area contributed by atoms with E-state index in [2.05, 4.69) is 6.07 Å². The van der Waals surface area contributed by atoms with Crippen LogP contribution < -0.4 is 9.64 Å². The summed E-state index contributed by atoms with van der Waals surface area (Å²) >= 11 is 1.38. The van der Waals surface area contributed by atoms with Crippen molar-refractivity contribution in [2.75, 3.05) is 4.90 Å². The van der Waals surface area contributed by atoms with Gasteiger partial charge in [0, 0.05) is 12.0 Å².